The van der Waals surface area contributed by atoms with Gasteiger partial charge in [0.25, 0.3) is 0 Å². The van der Waals surface area contributed by atoms with Crippen LogP contribution in [0.2, 0.25) is 0 Å². The summed E-state index contributed by atoms with van der Waals surface area (Å²) in [6.45, 7) is 4.14. The molecule has 0 radical (unpaired) electrons. The van der Waals surface area contributed by atoms with Crippen LogP contribution in [0.5, 0.6) is 0 Å². The molecule has 0 aliphatic heterocycles. The van der Waals surface area contributed by atoms with E-state index in [2.05, 4.69) is 19.1 Å². The maximum Gasteiger partial charge on any atom is 0.0526 e. The molecular weight excluding hydrogens is 192 g/mol. The minimum atomic E-state index is -0.806. The monoisotopic (exact) mass is 210 g/mol. The first-order chi connectivity index (χ1) is 6.77. The van der Waals surface area contributed by atoms with E-state index in [1.807, 2.05) is 19.1 Å². The van der Waals surface area contributed by atoms with Crippen LogP contribution in [-0.2, 0) is 17.2 Å². The molecule has 0 aliphatic carbocycles. The summed E-state index contributed by atoms with van der Waals surface area (Å²) in [6.07, 6.45) is 3.52. The van der Waals surface area contributed by atoms with Crippen molar-refractivity contribution >= 4 is 10.8 Å². The van der Waals surface area contributed by atoms with Crippen molar-refractivity contribution in [1.82, 2.24) is 0 Å². The normalized spacial score (nSPS) is 12.7. The summed E-state index contributed by atoms with van der Waals surface area (Å²) in [6, 6.07) is 8.16. The molecule has 78 valence electrons. The highest BCUT2D eigenvalue weighted by Gasteiger charge is 2.01. The molecule has 2 heteroatoms. The van der Waals surface area contributed by atoms with Gasteiger partial charge in [0.05, 0.1) is 10.8 Å². The van der Waals surface area contributed by atoms with Crippen molar-refractivity contribution in [1.29, 1.82) is 0 Å². The van der Waals surface area contributed by atoms with E-state index in [1.165, 1.54) is 18.4 Å². The lowest BCUT2D eigenvalue weighted by molar-refractivity contribution is 0.683. The highest BCUT2D eigenvalue weighted by Crippen LogP contribution is 2.12. The summed E-state index contributed by atoms with van der Waals surface area (Å²) in [7, 11) is -0.806. The summed E-state index contributed by atoms with van der Waals surface area (Å²) in [5.41, 5.74) is 1.31. The first-order valence-electron chi connectivity index (χ1n) is 5.25. The van der Waals surface area contributed by atoms with Gasteiger partial charge in [-0.3, -0.25) is 4.21 Å². The Bertz CT molecular complexity index is 307. The van der Waals surface area contributed by atoms with E-state index in [1.54, 1.807) is 0 Å². The number of hydrogen-bond acceptors (Lipinski definition) is 1. The van der Waals surface area contributed by atoms with Crippen molar-refractivity contribution < 1.29 is 4.21 Å². The third kappa shape index (κ3) is 3.26. The zero-order chi connectivity index (χ0) is 10.4. The van der Waals surface area contributed by atoms with Gasteiger partial charge in [-0.15, -0.1) is 0 Å². The quantitative estimate of drug-likeness (QED) is 0.729. The Hall–Kier alpha value is -0.630. The molecule has 1 unspecified atom stereocenters. The van der Waals surface area contributed by atoms with Gasteiger partial charge >= 0.3 is 0 Å². The van der Waals surface area contributed by atoms with Crippen molar-refractivity contribution in [3.05, 3.63) is 29.8 Å². The standard InChI is InChI=1S/C12H18OS/c1-3-5-7-11-8-6-9-12(10-11)14(13)4-2/h6,8-10H,3-5,7H2,1-2H3. The van der Waals surface area contributed by atoms with Gasteiger partial charge in [0, 0.05) is 10.6 Å². The third-order valence-electron chi connectivity index (χ3n) is 2.24. The van der Waals surface area contributed by atoms with Crippen molar-refractivity contribution in [2.45, 2.75) is 38.0 Å². The molecule has 0 spiro atoms. The molecule has 0 aliphatic rings. The second kappa shape index (κ2) is 5.97. The van der Waals surface area contributed by atoms with Crippen LogP contribution in [-0.4, -0.2) is 9.96 Å². The molecule has 1 aromatic carbocycles. The highest BCUT2D eigenvalue weighted by atomic mass is 32.2. The average Bonchev–Trinajstić information content (AvgIpc) is 2.25. The van der Waals surface area contributed by atoms with E-state index in [-0.39, 0.29) is 0 Å². The fourth-order valence-corrected chi connectivity index (χ4v) is 2.24. The van der Waals surface area contributed by atoms with Crippen LogP contribution in [0.4, 0.5) is 0 Å². The topological polar surface area (TPSA) is 17.1 Å². The van der Waals surface area contributed by atoms with E-state index in [9.17, 15) is 4.21 Å². The lowest BCUT2D eigenvalue weighted by atomic mass is 10.1. The minimum absolute atomic E-state index is 0.706. The Morgan fingerprint density at radius 3 is 2.71 bits per heavy atom. The van der Waals surface area contributed by atoms with Crippen molar-refractivity contribution in [2.75, 3.05) is 5.75 Å². The molecule has 0 saturated carbocycles. The summed E-state index contributed by atoms with van der Waals surface area (Å²) in [5.74, 6) is 0.706. The van der Waals surface area contributed by atoms with E-state index >= 15 is 0 Å². The third-order valence-corrected chi connectivity index (χ3v) is 3.55. The maximum atomic E-state index is 11.6. The SMILES string of the molecule is CCCCc1cccc(S(=O)CC)c1. The molecule has 14 heavy (non-hydrogen) atoms. The van der Waals surface area contributed by atoms with Gasteiger partial charge in [-0.25, -0.2) is 0 Å². The molecule has 1 nitrogen and oxygen atoms in total. The van der Waals surface area contributed by atoms with E-state index < -0.39 is 10.8 Å². The van der Waals surface area contributed by atoms with Crippen molar-refractivity contribution in [2.24, 2.45) is 0 Å². The van der Waals surface area contributed by atoms with Crippen LogP contribution in [0.15, 0.2) is 29.2 Å². The molecule has 0 amide bonds. The number of unbranched alkanes of at least 4 members (excludes halogenated alkanes) is 1. The lowest BCUT2D eigenvalue weighted by Gasteiger charge is -2.03. The van der Waals surface area contributed by atoms with Crippen LogP contribution >= 0.6 is 0 Å². The number of hydrogen-bond donors (Lipinski definition) is 0. The fourth-order valence-electron chi connectivity index (χ4n) is 1.39. The Labute approximate surface area is 89.0 Å². The zero-order valence-corrected chi connectivity index (χ0v) is 9.77. The molecule has 0 fully saturated rings. The summed E-state index contributed by atoms with van der Waals surface area (Å²) in [4.78, 5) is 0.973. The molecule has 0 aromatic heterocycles. The van der Waals surface area contributed by atoms with Crippen molar-refractivity contribution in [3.8, 4) is 0 Å². The van der Waals surface area contributed by atoms with Gasteiger partial charge in [-0.1, -0.05) is 32.4 Å². The summed E-state index contributed by atoms with van der Waals surface area (Å²) in [5, 5.41) is 0. The van der Waals surface area contributed by atoms with E-state index in [4.69, 9.17) is 0 Å². The van der Waals surface area contributed by atoms with Gasteiger partial charge < -0.3 is 0 Å². The van der Waals surface area contributed by atoms with Gasteiger partial charge in [0.1, 0.15) is 0 Å². The van der Waals surface area contributed by atoms with Gasteiger partial charge in [-0.05, 0) is 30.5 Å². The Morgan fingerprint density at radius 1 is 1.29 bits per heavy atom. The molecule has 0 N–H and O–H groups in total. The zero-order valence-electron chi connectivity index (χ0n) is 8.95. The maximum absolute atomic E-state index is 11.6. The molecule has 1 aromatic rings. The van der Waals surface area contributed by atoms with E-state index in [0.29, 0.717) is 5.75 Å². The van der Waals surface area contributed by atoms with E-state index in [0.717, 1.165) is 11.3 Å². The average molecular weight is 210 g/mol. The predicted octanol–water partition coefficient (Wildman–Crippen LogP) is 3.16. The molecule has 0 saturated heterocycles. The highest BCUT2D eigenvalue weighted by molar-refractivity contribution is 7.85. The second-order valence-corrected chi connectivity index (χ2v) is 5.12. The fraction of sp³-hybridized carbons (Fsp3) is 0.500. The lowest BCUT2D eigenvalue weighted by Crippen LogP contribution is -1.95. The molecule has 0 bridgehead atoms. The summed E-state index contributed by atoms with van der Waals surface area (Å²) < 4.78 is 11.6. The first kappa shape index (κ1) is 11.4. The summed E-state index contributed by atoms with van der Waals surface area (Å²) >= 11 is 0. The molecule has 1 atom stereocenters. The van der Waals surface area contributed by atoms with Crippen LogP contribution in [0.25, 0.3) is 0 Å². The number of benzene rings is 1. The Balaban J connectivity index is 2.73. The van der Waals surface area contributed by atoms with Crippen molar-refractivity contribution in [3.63, 3.8) is 0 Å². The minimum Gasteiger partial charge on any atom is -0.254 e. The smallest absolute Gasteiger partial charge is 0.0526 e. The van der Waals surface area contributed by atoms with Crippen LogP contribution in [0.3, 0.4) is 0 Å². The Kier molecular flexibility index (Phi) is 4.88. The molecular formula is C12H18OS. The molecule has 0 heterocycles. The predicted molar refractivity (Wildman–Crippen MR) is 62.0 cm³/mol. The first-order valence-corrected chi connectivity index (χ1v) is 6.57. The number of rotatable bonds is 5. The van der Waals surface area contributed by atoms with Crippen LogP contribution in [0.1, 0.15) is 32.3 Å². The van der Waals surface area contributed by atoms with Gasteiger partial charge in [0.15, 0.2) is 0 Å². The number of aryl methyl sites for hydroxylation is 1. The molecule has 1 rings (SSSR count). The Morgan fingerprint density at radius 2 is 2.07 bits per heavy atom. The van der Waals surface area contributed by atoms with Crippen LogP contribution in [0, 0.1) is 0 Å². The van der Waals surface area contributed by atoms with Gasteiger partial charge in [-0.2, -0.15) is 0 Å². The second-order valence-electron chi connectivity index (χ2n) is 3.39. The largest absolute Gasteiger partial charge is 0.254 e. The van der Waals surface area contributed by atoms with Crippen LogP contribution < -0.4 is 0 Å². The van der Waals surface area contributed by atoms with Gasteiger partial charge in [0.2, 0.25) is 0 Å².